The molecule has 114 valence electrons. The van der Waals surface area contributed by atoms with Gasteiger partial charge in [0.25, 0.3) is 5.91 Å². The fourth-order valence-corrected chi connectivity index (χ4v) is 2.15. The average Bonchev–Trinajstić information content (AvgIpc) is 2.58. The van der Waals surface area contributed by atoms with Crippen molar-refractivity contribution in [3.05, 3.63) is 28.2 Å². The Kier molecular flexibility index (Phi) is 3.64. The molecule has 1 aliphatic heterocycles. The molecule has 3 N–H and O–H groups in total. The van der Waals surface area contributed by atoms with Crippen molar-refractivity contribution in [3.8, 4) is 0 Å². The second kappa shape index (κ2) is 4.90. The van der Waals surface area contributed by atoms with E-state index in [1.165, 1.54) is 6.07 Å². The molecule has 0 saturated carbocycles. The Morgan fingerprint density at radius 3 is 2.48 bits per heavy atom. The largest absolute Gasteiger partial charge is 0.420 e. The summed E-state index contributed by atoms with van der Waals surface area (Å²) in [7, 11) is 0. The third-order valence-corrected chi connectivity index (χ3v) is 3.97. The normalized spacial score (nSPS) is 22.6. The van der Waals surface area contributed by atoms with E-state index in [4.69, 9.17) is 5.73 Å². The van der Waals surface area contributed by atoms with Crippen LogP contribution in [0.2, 0.25) is 0 Å². The predicted octanol–water partition coefficient (Wildman–Crippen LogP) is 2.40. The highest BCUT2D eigenvalue weighted by molar-refractivity contribution is 9.10. The summed E-state index contributed by atoms with van der Waals surface area (Å²) in [6, 6.07) is 3.55. The smallest absolute Gasteiger partial charge is 0.398 e. The molecule has 3 amide bonds. The Hall–Kier alpha value is -1.77. The molecule has 21 heavy (non-hydrogen) atoms. The first-order chi connectivity index (χ1) is 9.56. The number of anilines is 1. The number of nitrogens with zero attached hydrogens (tertiary/aromatic N) is 1. The van der Waals surface area contributed by atoms with Crippen LogP contribution in [0.4, 0.5) is 23.7 Å². The summed E-state index contributed by atoms with van der Waals surface area (Å²) in [5.41, 5.74) is 3.57. The number of alkyl halides is 3. The van der Waals surface area contributed by atoms with E-state index < -0.39 is 23.7 Å². The number of hydrogen-bond donors (Lipinski definition) is 2. The highest BCUT2D eigenvalue weighted by Gasteiger charge is 2.64. The number of rotatable bonds is 2. The molecule has 1 aliphatic rings. The molecular formula is C12H11BrF3N3O2. The summed E-state index contributed by atoms with van der Waals surface area (Å²) in [5, 5.41) is 1.69. The second-order valence-electron chi connectivity index (χ2n) is 4.80. The summed E-state index contributed by atoms with van der Waals surface area (Å²) in [5.74, 6) is -1.33. The van der Waals surface area contributed by atoms with Gasteiger partial charge in [-0.05, 0) is 40.5 Å². The number of carbonyl (C=O) groups is 2. The van der Waals surface area contributed by atoms with Crippen molar-refractivity contribution in [2.45, 2.75) is 25.2 Å². The van der Waals surface area contributed by atoms with Crippen LogP contribution in [0.5, 0.6) is 0 Å². The van der Waals surface area contributed by atoms with Crippen molar-refractivity contribution >= 4 is 33.6 Å². The lowest BCUT2D eigenvalue weighted by Gasteiger charge is -2.24. The summed E-state index contributed by atoms with van der Waals surface area (Å²) >= 11 is 3.18. The highest BCUT2D eigenvalue weighted by atomic mass is 79.9. The zero-order valence-electron chi connectivity index (χ0n) is 10.8. The fourth-order valence-electron chi connectivity index (χ4n) is 1.91. The Morgan fingerprint density at radius 2 is 2.00 bits per heavy atom. The van der Waals surface area contributed by atoms with Crippen molar-refractivity contribution < 1.29 is 22.8 Å². The molecule has 0 aromatic heterocycles. The van der Waals surface area contributed by atoms with Gasteiger partial charge in [-0.25, -0.2) is 4.79 Å². The van der Waals surface area contributed by atoms with E-state index in [1.807, 2.05) is 0 Å². The Balaban J connectivity index is 2.27. The standard InChI is InChI=1S/C12H11BrF3N3O2/c1-11(12(14,15)16)9(20)19(10(21)18-11)5-6-2-3-7(13)8(17)4-6/h2-4H,5,17H2,1H3,(H,18,21). The maximum Gasteiger partial charge on any atom is 0.420 e. The monoisotopic (exact) mass is 365 g/mol. The summed E-state index contributed by atoms with van der Waals surface area (Å²) in [6.45, 7) is 0.358. The number of hydrogen-bond acceptors (Lipinski definition) is 3. The first-order valence-corrected chi connectivity index (χ1v) is 6.60. The average molecular weight is 366 g/mol. The van der Waals surface area contributed by atoms with Crippen molar-refractivity contribution in [3.63, 3.8) is 0 Å². The summed E-state index contributed by atoms with van der Waals surface area (Å²) in [6.07, 6.45) is -4.87. The van der Waals surface area contributed by atoms with Crippen LogP contribution in [0.3, 0.4) is 0 Å². The van der Waals surface area contributed by atoms with Crippen molar-refractivity contribution in [2.24, 2.45) is 0 Å². The van der Waals surface area contributed by atoms with Gasteiger partial charge in [-0.1, -0.05) is 6.07 Å². The van der Waals surface area contributed by atoms with Crippen LogP contribution >= 0.6 is 15.9 Å². The lowest BCUT2D eigenvalue weighted by Crippen LogP contribution is -2.56. The number of carbonyl (C=O) groups excluding carboxylic acids is 2. The molecule has 5 nitrogen and oxygen atoms in total. The third kappa shape index (κ3) is 2.57. The van der Waals surface area contributed by atoms with Gasteiger partial charge in [0.15, 0.2) is 0 Å². The van der Waals surface area contributed by atoms with E-state index in [2.05, 4.69) is 15.9 Å². The molecule has 0 spiro atoms. The zero-order valence-corrected chi connectivity index (χ0v) is 12.4. The van der Waals surface area contributed by atoms with Gasteiger partial charge in [-0.3, -0.25) is 9.69 Å². The Bertz CT molecular complexity index is 620. The minimum Gasteiger partial charge on any atom is -0.398 e. The van der Waals surface area contributed by atoms with Crippen LogP contribution in [0.1, 0.15) is 12.5 Å². The molecule has 1 heterocycles. The van der Waals surface area contributed by atoms with E-state index in [0.29, 0.717) is 27.5 Å². The predicted molar refractivity (Wildman–Crippen MR) is 72.1 cm³/mol. The van der Waals surface area contributed by atoms with Gasteiger partial charge < -0.3 is 11.1 Å². The fraction of sp³-hybridized carbons (Fsp3) is 0.333. The van der Waals surface area contributed by atoms with Gasteiger partial charge in [0, 0.05) is 10.2 Å². The Morgan fingerprint density at radius 1 is 1.38 bits per heavy atom. The Labute approximate surface area is 126 Å². The minimum atomic E-state index is -4.87. The zero-order chi connectivity index (χ0) is 16.0. The first kappa shape index (κ1) is 15.6. The molecular weight excluding hydrogens is 355 g/mol. The highest BCUT2D eigenvalue weighted by Crippen LogP contribution is 2.35. The summed E-state index contributed by atoms with van der Waals surface area (Å²) < 4.78 is 39.3. The van der Waals surface area contributed by atoms with Crippen LogP contribution in [0, 0.1) is 0 Å². The SMILES string of the molecule is CC1(C(F)(F)F)NC(=O)N(Cc2ccc(Br)c(N)c2)C1=O. The molecule has 1 unspecified atom stereocenters. The van der Waals surface area contributed by atoms with Crippen LogP contribution < -0.4 is 11.1 Å². The maximum absolute atomic E-state index is 12.9. The number of halogens is 4. The van der Waals surface area contributed by atoms with Crippen LogP contribution in [-0.2, 0) is 11.3 Å². The molecule has 1 aromatic carbocycles. The lowest BCUT2D eigenvalue weighted by atomic mass is 10.0. The number of benzene rings is 1. The van der Waals surface area contributed by atoms with Crippen LogP contribution in [0.15, 0.2) is 22.7 Å². The second-order valence-corrected chi connectivity index (χ2v) is 5.65. The van der Waals surface area contributed by atoms with E-state index in [-0.39, 0.29) is 6.54 Å². The quantitative estimate of drug-likeness (QED) is 0.624. The number of nitrogens with two attached hydrogens (primary N) is 1. The molecule has 2 rings (SSSR count). The number of nitrogens with one attached hydrogen (secondary N) is 1. The number of amides is 3. The van der Waals surface area contributed by atoms with E-state index in [0.717, 1.165) is 0 Å². The van der Waals surface area contributed by atoms with Crippen molar-refractivity contribution in [1.82, 2.24) is 10.2 Å². The molecule has 1 saturated heterocycles. The first-order valence-electron chi connectivity index (χ1n) is 5.81. The molecule has 1 atom stereocenters. The van der Waals surface area contributed by atoms with Gasteiger partial charge in [-0.2, -0.15) is 13.2 Å². The van der Waals surface area contributed by atoms with Gasteiger partial charge in [0.2, 0.25) is 5.54 Å². The van der Waals surface area contributed by atoms with E-state index in [9.17, 15) is 22.8 Å². The van der Waals surface area contributed by atoms with Gasteiger partial charge in [0.05, 0.1) is 6.54 Å². The van der Waals surface area contributed by atoms with Crippen LogP contribution in [0.25, 0.3) is 0 Å². The molecule has 1 aromatic rings. The van der Waals surface area contributed by atoms with Crippen molar-refractivity contribution in [2.75, 3.05) is 5.73 Å². The van der Waals surface area contributed by atoms with E-state index in [1.54, 1.807) is 17.4 Å². The van der Waals surface area contributed by atoms with Gasteiger partial charge >= 0.3 is 12.2 Å². The topological polar surface area (TPSA) is 75.4 Å². The van der Waals surface area contributed by atoms with Gasteiger partial charge in [-0.15, -0.1) is 0 Å². The number of nitrogen functional groups attached to an aromatic ring is 1. The minimum absolute atomic E-state index is 0.284. The number of imide groups is 1. The molecule has 0 bridgehead atoms. The molecule has 0 aliphatic carbocycles. The lowest BCUT2D eigenvalue weighted by molar-refractivity contribution is -0.191. The van der Waals surface area contributed by atoms with Crippen LogP contribution in [-0.4, -0.2) is 28.6 Å². The van der Waals surface area contributed by atoms with Crippen molar-refractivity contribution in [1.29, 1.82) is 0 Å². The maximum atomic E-state index is 12.9. The van der Waals surface area contributed by atoms with E-state index >= 15 is 0 Å². The molecule has 1 fully saturated rings. The number of urea groups is 1. The molecule has 9 heteroatoms. The molecule has 0 radical (unpaired) electrons. The third-order valence-electron chi connectivity index (χ3n) is 3.24. The van der Waals surface area contributed by atoms with Gasteiger partial charge in [0.1, 0.15) is 0 Å². The summed E-state index contributed by atoms with van der Waals surface area (Å²) in [4.78, 5) is 24.1.